The van der Waals surface area contributed by atoms with Gasteiger partial charge in [-0.2, -0.15) is 0 Å². The SMILES string of the molecule is CCNC(=NCc1ccc(N2CCN(C)CC2)nc1)Nc1ccc(OC)c(OCC)c1. The molecule has 31 heavy (non-hydrogen) atoms. The molecule has 0 amide bonds. The Morgan fingerprint density at radius 1 is 1.10 bits per heavy atom. The van der Waals surface area contributed by atoms with Crippen molar-refractivity contribution in [3.05, 3.63) is 42.1 Å². The maximum atomic E-state index is 5.67. The molecular formula is C23H34N6O2. The first-order chi connectivity index (χ1) is 15.1. The fraction of sp³-hybridized carbons (Fsp3) is 0.478. The zero-order valence-corrected chi connectivity index (χ0v) is 19.0. The van der Waals surface area contributed by atoms with E-state index in [2.05, 4.69) is 44.6 Å². The lowest BCUT2D eigenvalue weighted by atomic mass is 10.2. The summed E-state index contributed by atoms with van der Waals surface area (Å²) >= 11 is 0. The predicted molar refractivity (Wildman–Crippen MR) is 127 cm³/mol. The number of likely N-dealkylation sites (N-methyl/N-ethyl adjacent to an activating group) is 1. The molecule has 2 aromatic rings. The summed E-state index contributed by atoms with van der Waals surface area (Å²) in [6.45, 7) is 10.1. The number of nitrogens with zero attached hydrogens (tertiary/aromatic N) is 4. The van der Waals surface area contributed by atoms with Crippen LogP contribution in [0.25, 0.3) is 0 Å². The fourth-order valence-corrected chi connectivity index (χ4v) is 3.37. The summed E-state index contributed by atoms with van der Waals surface area (Å²) in [5.74, 6) is 3.15. The first-order valence-corrected chi connectivity index (χ1v) is 10.9. The molecule has 0 saturated carbocycles. The van der Waals surface area contributed by atoms with Crippen LogP contribution in [-0.2, 0) is 6.54 Å². The van der Waals surface area contributed by atoms with Gasteiger partial charge in [0, 0.05) is 50.7 Å². The summed E-state index contributed by atoms with van der Waals surface area (Å²) in [6, 6.07) is 9.95. The molecule has 8 heteroatoms. The summed E-state index contributed by atoms with van der Waals surface area (Å²) < 4.78 is 11.0. The highest BCUT2D eigenvalue weighted by Crippen LogP contribution is 2.30. The van der Waals surface area contributed by atoms with Crippen molar-refractivity contribution in [2.75, 3.05) is 63.7 Å². The minimum absolute atomic E-state index is 0.541. The topological polar surface area (TPSA) is 74.3 Å². The molecule has 0 radical (unpaired) electrons. The molecule has 0 bridgehead atoms. The normalized spacial score (nSPS) is 15.0. The molecule has 1 saturated heterocycles. The minimum Gasteiger partial charge on any atom is -0.493 e. The molecule has 2 N–H and O–H groups in total. The highest BCUT2D eigenvalue weighted by Gasteiger charge is 2.15. The van der Waals surface area contributed by atoms with Gasteiger partial charge in [-0.15, -0.1) is 0 Å². The molecule has 1 fully saturated rings. The van der Waals surface area contributed by atoms with E-state index < -0.39 is 0 Å². The van der Waals surface area contributed by atoms with Gasteiger partial charge in [0.1, 0.15) is 5.82 Å². The average molecular weight is 427 g/mol. The largest absolute Gasteiger partial charge is 0.493 e. The number of aromatic nitrogens is 1. The van der Waals surface area contributed by atoms with E-state index in [4.69, 9.17) is 14.5 Å². The number of pyridine rings is 1. The molecule has 0 spiro atoms. The van der Waals surface area contributed by atoms with Crippen molar-refractivity contribution < 1.29 is 9.47 Å². The Kier molecular flexibility index (Phi) is 8.35. The average Bonchev–Trinajstić information content (AvgIpc) is 2.79. The Morgan fingerprint density at radius 3 is 2.55 bits per heavy atom. The number of piperazine rings is 1. The molecule has 1 aliphatic heterocycles. The number of ether oxygens (including phenoxy) is 2. The Labute approximate surface area is 185 Å². The van der Waals surface area contributed by atoms with Crippen LogP contribution >= 0.6 is 0 Å². The highest BCUT2D eigenvalue weighted by atomic mass is 16.5. The van der Waals surface area contributed by atoms with Gasteiger partial charge >= 0.3 is 0 Å². The first-order valence-electron chi connectivity index (χ1n) is 10.9. The number of anilines is 2. The Morgan fingerprint density at radius 2 is 1.90 bits per heavy atom. The summed E-state index contributed by atoms with van der Waals surface area (Å²) in [6.07, 6.45) is 1.92. The van der Waals surface area contributed by atoms with Crippen LogP contribution in [0.2, 0.25) is 0 Å². The van der Waals surface area contributed by atoms with Crippen molar-refractivity contribution in [2.45, 2.75) is 20.4 Å². The quantitative estimate of drug-likeness (QED) is 0.497. The third kappa shape index (κ3) is 6.49. The van der Waals surface area contributed by atoms with Gasteiger partial charge in [-0.05, 0) is 44.7 Å². The lowest BCUT2D eigenvalue weighted by Crippen LogP contribution is -2.44. The van der Waals surface area contributed by atoms with Gasteiger partial charge < -0.3 is 29.9 Å². The number of hydrogen-bond acceptors (Lipinski definition) is 6. The Bertz CT molecular complexity index is 848. The third-order valence-electron chi connectivity index (χ3n) is 5.13. The monoisotopic (exact) mass is 426 g/mol. The van der Waals surface area contributed by atoms with E-state index in [0.717, 1.165) is 49.8 Å². The van der Waals surface area contributed by atoms with E-state index in [9.17, 15) is 0 Å². The van der Waals surface area contributed by atoms with Crippen molar-refractivity contribution in [1.29, 1.82) is 0 Å². The maximum absolute atomic E-state index is 5.67. The van der Waals surface area contributed by atoms with Crippen LogP contribution in [0, 0.1) is 0 Å². The van der Waals surface area contributed by atoms with E-state index in [1.165, 1.54) is 0 Å². The molecule has 3 rings (SSSR count). The number of guanidine groups is 1. The number of aliphatic imine (C=N–C) groups is 1. The maximum Gasteiger partial charge on any atom is 0.196 e. The van der Waals surface area contributed by atoms with Crippen LogP contribution in [0.15, 0.2) is 41.5 Å². The molecule has 2 heterocycles. The van der Waals surface area contributed by atoms with E-state index >= 15 is 0 Å². The minimum atomic E-state index is 0.541. The van der Waals surface area contributed by atoms with E-state index in [1.54, 1.807) is 7.11 Å². The molecule has 1 aromatic carbocycles. The second-order valence-electron chi connectivity index (χ2n) is 7.43. The summed E-state index contributed by atoms with van der Waals surface area (Å²) in [7, 11) is 3.80. The van der Waals surface area contributed by atoms with Crippen LogP contribution in [0.3, 0.4) is 0 Å². The lowest BCUT2D eigenvalue weighted by Gasteiger charge is -2.33. The van der Waals surface area contributed by atoms with Gasteiger partial charge in [-0.25, -0.2) is 9.98 Å². The van der Waals surface area contributed by atoms with E-state index in [1.807, 2.05) is 38.2 Å². The van der Waals surface area contributed by atoms with Gasteiger partial charge in [0.15, 0.2) is 17.5 Å². The van der Waals surface area contributed by atoms with Gasteiger partial charge in [0.25, 0.3) is 0 Å². The summed E-state index contributed by atoms with van der Waals surface area (Å²) in [5.41, 5.74) is 1.95. The highest BCUT2D eigenvalue weighted by molar-refractivity contribution is 5.93. The van der Waals surface area contributed by atoms with Crippen LogP contribution in [0.1, 0.15) is 19.4 Å². The predicted octanol–water partition coefficient (Wildman–Crippen LogP) is 2.82. The molecule has 0 aliphatic carbocycles. The molecule has 1 aromatic heterocycles. The third-order valence-corrected chi connectivity index (χ3v) is 5.13. The van der Waals surface area contributed by atoms with Crippen molar-refractivity contribution >= 4 is 17.5 Å². The first kappa shape index (κ1) is 22.7. The number of rotatable bonds is 8. The van der Waals surface area contributed by atoms with Gasteiger partial charge in [-0.1, -0.05) is 6.07 Å². The fourth-order valence-electron chi connectivity index (χ4n) is 3.37. The van der Waals surface area contributed by atoms with Crippen LogP contribution in [0.5, 0.6) is 11.5 Å². The molecule has 8 nitrogen and oxygen atoms in total. The molecule has 0 unspecified atom stereocenters. The molecule has 1 aliphatic rings. The van der Waals surface area contributed by atoms with Crippen LogP contribution < -0.4 is 25.0 Å². The second-order valence-corrected chi connectivity index (χ2v) is 7.43. The number of benzene rings is 1. The van der Waals surface area contributed by atoms with Crippen molar-refractivity contribution in [3.8, 4) is 11.5 Å². The zero-order valence-electron chi connectivity index (χ0n) is 19.0. The van der Waals surface area contributed by atoms with Crippen molar-refractivity contribution in [3.63, 3.8) is 0 Å². The Balaban J connectivity index is 1.65. The van der Waals surface area contributed by atoms with Crippen molar-refractivity contribution in [1.82, 2.24) is 15.2 Å². The summed E-state index contributed by atoms with van der Waals surface area (Å²) in [5, 5.41) is 6.62. The van der Waals surface area contributed by atoms with E-state index in [0.29, 0.717) is 30.6 Å². The second kappa shape index (κ2) is 11.4. The van der Waals surface area contributed by atoms with Crippen molar-refractivity contribution in [2.24, 2.45) is 4.99 Å². The van der Waals surface area contributed by atoms with Crippen LogP contribution in [0.4, 0.5) is 11.5 Å². The standard InChI is InChI=1S/C23H34N6O2/c1-5-24-23(27-19-8-9-20(30-4)21(15-19)31-6-2)26-17-18-7-10-22(25-16-18)29-13-11-28(3)12-14-29/h7-10,15-16H,5-6,11-14,17H2,1-4H3,(H2,24,26,27). The van der Waals surface area contributed by atoms with Gasteiger partial charge in [0.2, 0.25) is 0 Å². The van der Waals surface area contributed by atoms with E-state index in [-0.39, 0.29) is 0 Å². The molecule has 168 valence electrons. The summed E-state index contributed by atoms with van der Waals surface area (Å²) in [4.78, 5) is 14.0. The van der Waals surface area contributed by atoms with Gasteiger partial charge in [-0.3, -0.25) is 0 Å². The number of nitrogens with one attached hydrogen (secondary N) is 2. The Hall–Kier alpha value is -3.00. The van der Waals surface area contributed by atoms with Crippen LogP contribution in [-0.4, -0.2) is 69.3 Å². The van der Waals surface area contributed by atoms with Gasteiger partial charge in [0.05, 0.1) is 20.3 Å². The number of methoxy groups -OCH3 is 1. The lowest BCUT2D eigenvalue weighted by molar-refractivity contribution is 0.311. The smallest absolute Gasteiger partial charge is 0.196 e. The zero-order chi connectivity index (χ0) is 22.1. The molecular weight excluding hydrogens is 392 g/mol. The molecule has 0 atom stereocenters. The number of hydrogen-bond donors (Lipinski definition) is 2.